The Morgan fingerprint density at radius 3 is 2.67 bits per heavy atom. The van der Waals surface area contributed by atoms with Gasteiger partial charge in [0.05, 0.1) is 0 Å². The van der Waals surface area contributed by atoms with Gasteiger partial charge < -0.3 is 0 Å². The minimum atomic E-state index is 0.705. The molecule has 0 unspecified atom stereocenters. The number of nitrogens with zero attached hydrogens (tertiary/aromatic N) is 1. The van der Waals surface area contributed by atoms with E-state index in [4.69, 9.17) is 0 Å². The third kappa shape index (κ3) is 1.67. The van der Waals surface area contributed by atoms with Crippen molar-refractivity contribution in [1.82, 2.24) is 0 Å². The van der Waals surface area contributed by atoms with Gasteiger partial charge in [-0.1, -0.05) is 19.4 Å². The molecule has 0 spiro atoms. The molecule has 0 aromatic rings. The molecule has 9 heavy (non-hydrogen) atoms. The fourth-order valence-electron chi connectivity index (χ4n) is 0.981. The lowest BCUT2D eigenvalue weighted by molar-refractivity contribution is 0.711. The fraction of sp³-hybridized carbons (Fsp3) is 0.625. The lowest BCUT2D eigenvalue weighted by Crippen LogP contribution is -2.00. The zero-order valence-electron chi connectivity index (χ0n) is 6.09. The van der Waals surface area contributed by atoms with Crippen LogP contribution in [0.2, 0.25) is 0 Å². The van der Waals surface area contributed by atoms with Crippen LogP contribution in [0.15, 0.2) is 16.6 Å². The first-order valence-corrected chi connectivity index (χ1v) is 3.49. The van der Waals surface area contributed by atoms with E-state index < -0.39 is 0 Å². The topological polar surface area (TPSA) is 12.4 Å². The summed E-state index contributed by atoms with van der Waals surface area (Å²) >= 11 is 0. The van der Waals surface area contributed by atoms with Gasteiger partial charge in [0.15, 0.2) is 0 Å². The number of dihydropyridines is 1. The summed E-state index contributed by atoms with van der Waals surface area (Å²) in [5.41, 5.74) is 1.53. The van der Waals surface area contributed by atoms with Gasteiger partial charge in [-0.2, -0.15) is 0 Å². The molecule has 1 rings (SSSR count). The van der Waals surface area contributed by atoms with Gasteiger partial charge in [-0.15, -0.1) is 0 Å². The van der Waals surface area contributed by atoms with Gasteiger partial charge in [0.25, 0.3) is 0 Å². The molecule has 0 saturated heterocycles. The SMILES string of the molecule is CC(C)C1=CC=NCC1. The third-order valence-electron chi connectivity index (χ3n) is 1.67. The normalized spacial score (nSPS) is 18.3. The van der Waals surface area contributed by atoms with Crippen LogP contribution in [0.3, 0.4) is 0 Å². The second-order valence-corrected chi connectivity index (χ2v) is 2.70. The van der Waals surface area contributed by atoms with Gasteiger partial charge in [-0.25, -0.2) is 0 Å². The van der Waals surface area contributed by atoms with Crippen LogP contribution in [-0.4, -0.2) is 12.8 Å². The third-order valence-corrected chi connectivity index (χ3v) is 1.67. The van der Waals surface area contributed by atoms with Crippen LogP contribution >= 0.6 is 0 Å². The van der Waals surface area contributed by atoms with Gasteiger partial charge >= 0.3 is 0 Å². The molecule has 0 aliphatic carbocycles. The Labute approximate surface area is 56.5 Å². The first-order chi connectivity index (χ1) is 4.30. The Morgan fingerprint density at radius 2 is 2.33 bits per heavy atom. The lowest BCUT2D eigenvalue weighted by Gasteiger charge is -2.10. The van der Waals surface area contributed by atoms with E-state index in [1.807, 2.05) is 6.21 Å². The lowest BCUT2D eigenvalue weighted by atomic mass is 9.99. The number of allylic oxidation sites excluding steroid dienone is 1. The maximum absolute atomic E-state index is 4.11. The summed E-state index contributed by atoms with van der Waals surface area (Å²) in [4.78, 5) is 4.11. The molecule has 0 amide bonds. The number of rotatable bonds is 1. The highest BCUT2D eigenvalue weighted by Crippen LogP contribution is 2.14. The van der Waals surface area contributed by atoms with E-state index in [0.29, 0.717) is 5.92 Å². The Balaban J connectivity index is 2.57. The van der Waals surface area contributed by atoms with Crippen molar-refractivity contribution in [3.63, 3.8) is 0 Å². The second-order valence-electron chi connectivity index (χ2n) is 2.70. The van der Waals surface area contributed by atoms with Gasteiger partial charge in [-0.3, -0.25) is 4.99 Å². The average molecular weight is 123 g/mol. The van der Waals surface area contributed by atoms with E-state index in [1.54, 1.807) is 0 Å². The molecule has 1 heteroatoms. The van der Waals surface area contributed by atoms with E-state index in [2.05, 4.69) is 24.9 Å². The molecule has 0 aromatic carbocycles. The van der Waals surface area contributed by atoms with Crippen molar-refractivity contribution in [3.05, 3.63) is 11.6 Å². The van der Waals surface area contributed by atoms with Crippen LogP contribution in [0.4, 0.5) is 0 Å². The summed E-state index contributed by atoms with van der Waals surface area (Å²) < 4.78 is 0. The Bertz CT molecular complexity index is 143. The van der Waals surface area contributed by atoms with Crippen LogP contribution in [-0.2, 0) is 0 Å². The Morgan fingerprint density at radius 1 is 1.56 bits per heavy atom. The summed E-state index contributed by atoms with van der Waals surface area (Å²) in [6.07, 6.45) is 5.21. The molecule has 1 heterocycles. The van der Waals surface area contributed by atoms with Crippen molar-refractivity contribution in [2.45, 2.75) is 20.3 Å². The quantitative estimate of drug-likeness (QED) is 0.506. The molecule has 0 saturated carbocycles. The highest BCUT2D eigenvalue weighted by Gasteiger charge is 2.02. The molecule has 0 radical (unpaired) electrons. The van der Waals surface area contributed by atoms with E-state index in [0.717, 1.165) is 13.0 Å². The van der Waals surface area contributed by atoms with Crippen LogP contribution in [0.25, 0.3) is 0 Å². The summed E-state index contributed by atoms with van der Waals surface area (Å²) in [7, 11) is 0. The maximum Gasteiger partial charge on any atom is 0.0426 e. The van der Waals surface area contributed by atoms with Gasteiger partial charge in [-0.05, 0) is 18.4 Å². The Kier molecular flexibility index (Phi) is 2.04. The molecular formula is C8H13N. The monoisotopic (exact) mass is 123 g/mol. The minimum absolute atomic E-state index is 0.705. The van der Waals surface area contributed by atoms with Crippen LogP contribution in [0.5, 0.6) is 0 Å². The molecule has 0 aromatic heterocycles. The molecule has 0 bridgehead atoms. The summed E-state index contributed by atoms with van der Waals surface area (Å²) in [6, 6.07) is 0. The average Bonchev–Trinajstić information content (AvgIpc) is 1.90. The molecule has 1 aliphatic heterocycles. The van der Waals surface area contributed by atoms with Gasteiger partial charge in [0.2, 0.25) is 0 Å². The minimum Gasteiger partial charge on any atom is -0.293 e. The maximum atomic E-state index is 4.11. The van der Waals surface area contributed by atoms with Gasteiger partial charge in [0.1, 0.15) is 0 Å². The number of aliphatic imine (C=N–C) groups is 1. The standard InChI is InChI=1S/C8H13N/c1-7(2)8-3-5-9-6-4-8/h3,5,7H,4,6H2,1-2H3. The van der Waals surface area contributed by atoms with Gasteiger partial charge in [0, 0.05) is 12.8 Å². The summed E-state index contributed by atoms with van der Waals surface area (Å²) in [5.74, 6) is 0.705. The predicted octanol–water partition coefficient (Wildman–Crippen LogP) is 2.04. The largest absolute Gasteiger partial charge is 0.293 e. The highest BCUT2D eigenvalue weighted by molar-refractivity contribution is 5.73. The smallest absolute Gasteiger partial charge is 0.0426 e. The highest BCUT2D eigenvalue weighted by atomic mass is 14.7. The summed E-state index contributed by atoms with van der Waals surface area (Å²) in [5, 5.41) is 0. The molecule has 0 N–H and O–H groups in total. The van der Waals surface area contributed by atoms with Crippen molar-refractivity contribution in [3.8, 4) is 0 Å². The molecule has 0 fully saturated rings. The molecule has 1 nitrogen and oxygen atoms in total. The van der Waals surface area contributed by atoms with Crippen molar-refractivity contribution in [1.29, 1.82) is 0 Å². The molecule has 1 aliphatic rings. The van der Waals surface area contributed by atoms with Crippen LogP contribution in [0, 0.1) is 5.92 Å². The fourth-order valence-corrected chi connectivity index (χ4v) is 0.981. The molecule has 50 valence electrons. The summed E-state index contributed by atoms with van der Waals surface area (Å²) in [6.45, 7) is 5.44. The van der Waals surface area contributed by atoms with Crippen molar-refractivity contribution >= 4 is 6.21 Å². The van der Waals surface area contributed by atoms with E-state index in [9.17, 15) is 0 Å². The van der Waals surface area contributed by atoms with E-state index >= 15 is 0 Å². The molecule has 0 atom stereocenters. The Hall–Kier alpha value is -0.590. The van der Waals surface area contributed by atoms with Crippen molar-refractivity contribution < 1.29 is 0 Å². The number of hydrogen-bond donors (Lipinski definition) is 0. The van der Waals surface area contributed by atoms with E-state index in [-0.39, 0.29) is 0 Å². The number of hydrogen-bond acceptors (Lipinski definition) is 1. The molecular weight excluding hydrogens is 110 g/mol. The predicted molar refractivity (Wildman–Crippen MR) is 40.9 cm³/mol. The zero-order valence-corrected chi connectivity index (χ0v) is 6.09. The first-order valence-electron chi connectivity index (χ1n) is 3.49. The zero-order chi connectivity index (χ0) is 6.69. The van der Waals surface area contributed by atoms with Crippen molar-refractivity contribution in [2.75, 3.05) is 6.54 Å². The first kappa shape index (κ1) is 6.53. The van der Waals surface area contributed by atoms with Crippen LogP contribution in [0.1, 0.15) is 20.3 Å². The second kappa shape index (κ2) is 2.81. The van der Waals surface area contributed by atoms with Crippen molar-refractivity contribution in [2.24, 2.45) is 10.9 Å². The van der Waals surface area contributed by atoms with E-state index in [1.165, 1.54) is 5.57 Å². The van der Waals surface area contributed by atoms with Crippen LogP contribution < -0.4 is 0 Å².